The molecule has 2 N–H and O–H groups in total. The van der Waals surface area contributed by atoms with E-state index in [9.17, 15) is 23.8 Å². The van der Waals surface area contributed by atoms with Crippen LogP contribution >= 0.6 is 0 Å². The fourth-order valence-corrected chi connectivity index (χ4v) is 4.17. The Balaban J connectivity index is 1.75. The average Bonchev–Trinajstić information content (AvgIpc) is 3.20. The van der Waals surface area contributed by atoms with Crippen LogP contribution < -0.4 is 9.47 Å². The average molecular weight is 530 g/mol. The van der Waals surface area contributed by atoms with E-state index in [4.69, 9.17) is 16.4 Å². The first-order chi connectivity index (χ1) is 22.2. The Morgan fingerprint density at radius 2 is 2.05 bits per heavy atom. The Labute approximate surface area is 229 Å². The quantitative estimate of drug-likeness (QED) is 0.409. The third-order valence-corrected chi connectivity index (χ3v) is 6.33. The van der Waals surface area contributed by atoms with Crippen molar-refractivity contribution in [2.45, 2.75) is 76.0 Å². The van der Waals surface area contributed by atoms with Crippen molar-refractivity contribution in [2.75, 3.05) is 6.61 Å². The van der Waals surface area contributed by atoms with E-state index in [1.807, 2.05) is 0 Å². The molecule has 37 heavy (non-hydrogen) atoms. The summed E-state index contributed by atoms with van der Waals surface area (Å²) >= 11 is 0. The van der Waals surface area contributed by atoms with Crippen LogP contribution in [0.5, 0.6) is 11.5 Å². The van der Waals surface area contributed by atoms with Crippen molar-refractivity contribution in [1.82, 2.24) is 4.57 Å². The van der Waals surface area contributed by atoms with E-state index in [1.165, 1.54) is 0 Å². The molecule has 1 aromatic heterocycles. The third kappa shape index (κ3) is 4.48. The van der Waals surface area contributed by atoms with Crippen LogP contribution in [0.3, 0.4) is 0 Å². The molecule has 1 fully saturated rings. The molecule has 0 amide bonds. The van der Waals surface area contributed by atoms with Crippen molar-refractivity contribution in [3.63, 3.8) is 0 Å². The lowest BCUT2D eigenvalue weighted by Gasteiger charge is -2.26. The number of Topliss-reactive ketones (excluding diaryl/α,β-unsaturated/α-hetero) is 1. The zero-order valence-corrected chi connectivity index (χ0v) is 19.6. The number of benzene rings is 2. The molecule has 0 bridgehead atoms. The number of alkyl halides is 2. The highest BCUT2D eigenvalue weighted by molar-refractivity contribution is 5.95. The van der Waals surface area contributed by atoms with Gasteiger partial charge in [0.05, 0.1) is 34.3 Å². The smallest absolute Gasteiger partial charge is 0.395 e. The number of halogens is 3. The molecule has 0 radical (unpaired) electrons. The Hall–Kier alpha value is -3.04. The molecule has 2 atom stereocenters. The summed E-state index contributed by atoms with van der Waals surface area (Å²) in [5.74, 6) is -4.08. The van der Waals surface area contributed by atoms with E-state index in [-0.39, 0.29) is 0 Å². The molecule has 1 aliphatic heterocycles. The van der Waals surface area contributed by atoms with Crippen molar-refractivity contribution in [2.24, 2.45) is 0 Å². The summed E-state index contributed by atoms with van der Waals surface area (Å²) in [6.45, 7) is -3.05. The second-order valence-electron chi connectivity index (χ2n) is 8.99. The molecule has 2 aromatic carbocycles. The van der Waals surface area contributed by atoms with Crippen LogP contribution in [-0.2, 0) is 28.6 Å². The number of carbonyl (C=O) groups is 1. The number of ketones is 1. The predicted octanol–water partition coefficient (Wildman–Crippen LogP) is 4.99. The van der Waals surface area contributed by atoms with E-state index in [2.05, 4.69) is 9.47 Å². The molecule has 2 aliphatic rings. The summed E-state index contributed by atoms with van der Waals surface area (Å²) in [6.07, 6.45) is -15.7. The first-order valence-electron chi connectivity index (χ1n) is 17.2. The summed E-state index contributed by atoms with van der Waals surface area (Å²) in [7, 11) is 0. The van der Waals surface area contributed by atoms with Gasteiger partial charge in [-0.15, -0.1) is 8.78 Å². The summed E-state index contributed by atoms with van der Waals surface area (Å²) in [6, 6.07) is -0.308. The second kappa shape index (κ2) is 8.77. The largest absolute Gasteiger partial charge is 0.586 e. The molecule has 1 saturated carbocycles. The third-order valence-electron chi connectivity index (χ3n) is 6.33. The zero-order chi connectivity index (χ0) is 37.2. The normalized spacial score (nSPS) is 27.8. The van der Waals surface area contributed by atoms with Crippen LogP contribution in [0.15, 0.2) is 36.3 Å². The number of rotatable bonds is 9. The van der Waals surface area contributed by atoms with Crippen LogP contribution in [0.25, 0.3) is 10.9 Å². The minimum atomic E-state index is -4.10. The molecular formula is C28H30F3NO5. The minimum absolute atomic E-state index is 0.474. The van der Waals surface area contributed by atoms with E-state index in [0.29, 0.717) is 0 Å². The summed E-state index contributed by atoms with van der Waals surface area (Å²) in [4.78, 5) is 14.0. The van der Waals surface area contributed by atoms with Gasteiger partial charge in [0, 0.05) is 35.3 Å². The van der Waals surface area contributed by atoms with Gasteiger partial charge in [-0.1, -0.05) is 26.8 Å². The Bertz CT molecular complexity index is 1860. The van der Waals surface area contributed by atoms with Crippen LogP contribution in [0.4, 0.5) is 13.2 Å². The first kappa shape index (κ1) is 14.8. The van der Waals surface area contributed by atoms with Gasteiger partial charge in [0.15, 0.2) is 11.5 Å². The van der Waals surface area contributed by atoms with Crippen LogP contribution in [0, 0.1) is 5.82 Å². The van der Waals surface area contributed by atoms with Gasteiger partial charge in [-0.2, -0.15) is 0 Å². The van der Waals surface area contributed by atoms with Crippen LogP contribution in [0.1, 0.15) is 73.1 Å². The Kier molecular flexibility index (Phi) is 3.50. The molecule has 198 valence electrons. The molecule has 1 aliphatic carbocycles. The van der Waals surface area contributed by atoms with Gasteiger partial charge in [-0.05, 0) is 60.5 Å². The SMILES string of the molecule is [2H]c1c(CC(=O)C2(c3ccc4c(c3)OC(F)(F)O4)C([2H])([2H])C2([2H])[2H])c(F)c([2H])c2c1c([2H])c(C(C)(C([2H])([2H])[2H])C([2H])([2H])C)n2C[C@@H](O)CO. The summed E-state index contributed by atoms with van der Waals surface area (Å²) in [5.41, 5.74) is -8.06. The maximum Gasteiger partial charge on any atom is 0.586 e. The number of nitrogens with zero attached hydrogens (tertiary/aromatic N) is 1. The van der Waals surface area contributed by atoms with Gasteiger partial charge in [-0.25, -0.2) is 4.39 Å². The van der Waals surface area contributed by atoms with Crippen LogP contribution in [0.2, 0.25) is 0 Å². The lowest BCUT2D eigenvalue weighted by molar-refractivity contribution is -0.286. The molecule has 0 spiro atoms. The van der Waals surface area contributed by atoms with Crippen molar-refractivity contribution in [1.29, 1.82) is 0 Å². The fraction of sp³-hybridized carbons (Fsp3) is 0.464. The summed E-state index contributed by atoms with van der Waals surface area (Å²) in [5, 5.41) is 19.2. The first-order valence-corrected chi connectivity index (χ1v) is 11.2. The fourth-order valence-electron chi connectivity index (χ4n) is 4.17. The number of ether oxygens (including phenoxy) is 2. The highest BCUT2D eigenvalue weighted by atomic mass is 19.3. The monoisotopic (exact) mass is 529 g/mol. The lowest BCUT2D eigenvalue weighted by atomic mass is 9.86. The minimum Gasteiger partial charge on any atom is -0.395 e. The van der Waals surface area contributed by atoms with Crippen molar-refractivity contribution in [3.8, 4) is 11.5 Å². The van der Waals surface area contributed by atoms with Gasteiger partial charge in [0.2, 0.25) is 0 Å². The van der Waals surface area contributed by atoms with E-state index in [0.717, 1.165) is 36.6 Å². The van der Waals surface area contributed by atoms with Gasteiger partial charge in [-0.3, -0.25) is 4.79 Å². The van der Waals surface area contributed by atoms with Gasteiger partial charge < -0.3 is 24.3 Å². The van der Waals surface area contributed by atoms with Gasteiger partial charge >= 0.3 is 6.29 Å². The van der Waals surface area contributed by atoms with Crippen LogP contribution in [-0.4, -0.2) is 39.6 Å². The van der Waals surface area contributed by atoms with E-state index in [1.54, 1.807) is 0 Å². The molecule has 0 saturated heterocycles. The molecule has 9 heteroatoms. The number of fused-ring (bicyclic) bond motifs is 2. The maximum atomic E-state index is 16.2. The number of aromatic nitrogens is 1. The number of aliphatic hydroxyl groups excluding tert-OH is 2. The zero-order valence-electron chi connectivity index (χ0n) is 31.6. The molecule has 3 aromatic rings. The standard InChI is InChI=1S/C28H30F3NO5/c1-4-26(2,3)24-10-17-9-16(20(29)13-21(17)32(24)14-19(34)15-33)11-25(35)27(7-8-27)18-5-6-22-23(12-18)37-28(30,31)36-22/h5-6,9-10,12-13,19,33-34H,4,7-8,11,14-15H2,1-3H3/t19-/m1/s1/i2D3,4D2,7D2,8D2,9D,10D,13D/t19-,26?. The van der Waals surface area contributed by atoms with Gasteiger partial charge in [0.1, 0.15) is 11.6 Å². The molecular weight excluding hydrogens is 487 g/mol. The second-order valence-corrected chi connectivity index (χ2v) is 8.99. The van der Waals surface area contributed by atoms with E-state index < -0.39 is 138 Å². The number of hydrogen-bond donors (Lipinski definition) is 2. The van der Waals surface area contributed by atoms with Crippen molar-refractivity contribution < 1.29 is 54.1 Å². The highest BCUT2D eigenvalue weighted by Crippen LogP contribution is 2.52. The lowest BCUT2D eigenvalue weighted by Crippen LogP contribution is -2.26. The van der Waals surface area contributed by atoms with Crippen molar-refractivity contribution in [3.05, 3.63) is 59.0 Å². The molecule has 5 rings (SSSR count). The van der Waals surface area contributed by atoms with Crippen molar-refractivity contribution >= 4 is 16.7 Å². The summed E-state index contributed by atoms with van der Waals surface area (Å²) < 4.78 is 155. The maximum absolute atomic E-state index is 16.2. The number of aliphatic hydroxyl groups is 2. The molecule has 2 heterocycles. The highest BCUT2D eigenvalue weighted by Gasteiger charge is 2.52. The topological polar surface area (TPSA) is 80.9 Å². The number of hydrogen-bond acceptors (Lipinski definition) is 5. The number of carbonyl (C=O) groups excluding carboxylic acids is 1. The van der Waals surface area contributed by atoms with E-state index >= 15 is 4.39 Å². The molecule has 6 nitrogen and oxygen atoms in total. The predicted molar refractivity (Wildman–Crippen MR) is 131 cm³/mol. The Morgan fingerprint density at radius 3 is 2.70 bits per heavy atom. The molecule has 1 unspecified atom stereocenters. The Morgan fingerprint density at radius 1 is 1.32 bits per heavy atom. The van der Waals surface area contributed by atoms with Gasteiger partial charge in [0.25, 0.3) is 0 Å².